The molecule has 0 aliphatic heterocycles. The van der Waals surface area contributed by atoms with Crippen LogP contribution in [-0.4, -0.2) is 0 Å². The maximum Gasteiger partial charge on any atom is 0.161 e. The Morgan fingerprint density at radius 2 is 2.17 bits per heavy atom. The second-order valence-corrected chi connectivity index (χ2v) is 6.05. The van der Waals surface area contributed by atoms with E-state index >= 15 is 0 Å². The largest absolute Gasteiger partial charge is 0.378 e. The van der Waals surface area contributed by atoms with E-state index in [-0.39, 0.29) is 10.0 Å². The standard InChI is InChI=1S/C12H7BrClFN2S/c13-11-7(5-16)1-3-9(12(11)15)17-6-8-2-4-10(14)18-8/h1-4,17H,6H2. The van der Waals surface area contributed by atoms with E-state index in [4.69, 9.17) is 16.9 Å². The molecule has 2 nitrogen and oxygen atoms in total. The first kappa shape index (κ1) is 13.3. The van der Waals surface area contributed by atoms with Crippen molar-refractivity contribution in [3.05, 3.63) is 49.3 Å². The van der Waals surface area contributed by atoms with Gasteiger partial charge in [-0.2, -0.15) is 5.26 Å². The number of halogens is 3. The molecule has 0 amide bonds. The summed E-state index contributed by atoms with van der Waals surface area (Å²) in [5, 5.41) is 11.7. The monoisotopic (exact) mass is 344 g/mol. The van der Waals surface area contributed by atoms with Gasteiger partial charge in [-0.1, -0.05) is 11.6 Å². The van der Waals surface area contributed by atoms with Crippen molar-refractivity contribution in [2.45, 2.75) is 6.54 Å². The lowest BCUT2D eigenvalue weighted by Gasteiger charge is -2.08. The molecule has 92 valence electrons. The fraction of sp³-hybridized carbons (Fsp3) is 0.0833. The Labute approximate surface area is 121 Å². The molecule has 18 heavy (non-hydrogen) atoms. The van der Waals surface area contributed by atoms with Crippen LogP contribution >= 0.6 is 38.9 Å². The number of nitriles is 1. The van der Waals surface area contributed by atoms with Gasteiger partial charge in [-0.05, 0) is 40.2 Å². The van der Waals surface area contributed by atoms with Crippen LogP contribution in [0, 0.1) is 17.1 Å². The lowest BCUT2D eigenvalue weighted by molar-refractivity contribution is 0.623. The molecule has 0 atom stereocenters. The summed E-state index contributed by atoms with van der Waals surface area (Å²) < 4.78 is 14.8. The van der Waals surface area contributed by atoms with Gasteiger partial charge in [0.2, 0.25) is 0 Å². The van der Waals surface area contributed by atoms with E-state index < -0.39 is 5.82 Å². The number of benzene rings is 1. The zero-order valence-corrected chi connectivity index (χ0v) is 12.2. The van der Waals surface area contributed by atoms with Gasteiger partial charge < -0.3 is 5.32 Å². The van der Waals surface area contributed by atoms with Gasteiger partial charge in [0.05, 0.1) is 20.1 Å². The van der Waals surface area contributed by atoms with Gasteiger partial charge in [0.15, 0.2) is 5.82 Å². The topological polar surface area (TPSA) is 35.8 Å². The molecule has 1 N–H and O–H groups in total. The van der Waals surface area contributed by atoms with Gasteiger partial charge in [-0.15, -0.1) is 11.3 Å². The minimum Gasteiger partial charge on any atom is -0.378 e. The molecule has 1 heterocycles. The van der Waals surface area contributed by atoms with E-state index in [0.717, 1.165) is 4.88 Å². The molecule has 2 aromatic rings. The molecule has 6 heteroatoms. The zero-order valence-electron chi connectivity index (χ0n) is 9.01. The summed E-state index contributed by atoms with van der Waals surface area (Å²) in [5.74, 6) is -0.461. The third kappa shape index (κ3) is 2.83. The predicted octanol–water partition coefficient (Wildman–Crippen LogP) is 4.79. The Morgan fingerprint density at radius 1 is 1.39 bits per heavy atom. The zero-order chi connectivity index (χ0) is 13.1. The fourth-order valence-corrected chi connectivity index (χ4v) is 2.86. The summed E-state index contributed by atoms with van der Waals surface area (Å²) in [6.45, 7) is 0.493. The average Bonchev–Trinajstić information content (AvgIpc) is 2.77. The summed E-state index contributed by atoms with van der Waals surface area (Å²) in [4.78, 5) is 1.01. The molecule has 0 aliphatic carbocycles. The van der Waals surface area contributed by atoms with Crippen molar-refractivity contribution >= 4 is 44.6 Å². The van der Waals surface area contributed by atoms with Crippen LogP contribution in [0.3, 0.4) is 0 Å². The fourth-order valence-electron chi connectivity index (χ4n) is 1.40. The van der Waals surface area contributed by atoms with Gasteiger partial charge in [0.1, 0.15) is 6.07 Å². The molecule has 0 unspecified atom stereocenters. The van der Waals surface area contributed by atoms with Crippen LogP contribution < -0.4 is 5.32 Å². The molecule has 1 aromatic heterocycles. The predicted molar refractivity (Wildman–Crippen MR) is 75.5 cm³/mol. The van der Waals surface area contributed by atoms with Crippen molar-refractivity contribution < 1.29 is 4.39 Å². The van der Waals surface area contributed by atoms with E-state index in [1.807, 2.05) is 12.1 Å². The van der Waals surface area contributed by atoms with Gasteiger partial charge in [-0.3, -0.25) is 0 Å². The van der Waals surface area contributed by atoms with Crippen LogP contribution in [0.2, 0.25) is 4.34 Å². The minimum absolute atomic E-state index is 0.180. The van der Waals surface area contributed by atoms with Crippen molar-refractivity contribution in [2.75, 3.05) is 5.32 Å². The summed E-state index contributed by atoms with van der Waals surface area (Å²) in [6, 6.07) is 8.71. The number of nitrogens with one attached hydrogen (secondary N) is 1. The van der Waals surface area contributed by atoms with Gasteiger partial charge in [0.25, 0.3) is 0 Å². The van der Waals surface area contributed by atoms with Gasteiger partial charge >= 0.3 is 0 Å². The summed E-state index contributed by atoms with van der Waals surface area (Å²) in [6.07, 6.45) is 0. The molecule has 0 saturated heterocycles. The van der Waals surface area contributed by atoms with Gasteiger partial charge in [0, 0.05) is 11.4 Å². The van der Waals surface area contributed by atoms with E-state index in [9.17, 15) is 4.39 Å². The Hall–Kier alpha value is -1.09. The quantitative estimate of drug-likeness (QED) is 0.868. The normalized spacial score (nSPS) is 10.1. The number of rotatable bonds is 3. The number of anilines is 1. The van der Waals surface area contributed by atoms with Crippen molar-refractivity contribution in [1.82, 2.24) is 0 Å². The Morgan fingerprint density at radius 3 is 2.78 bits per heavy atom. The van der Waals surface area contributed by atoms with Crippen molar-refractivity contribution in [2.24, 2.45) is 0 Å². The summed E-state index contributed by atoms with van der Waals surface area (Å²) in [7, 11) is 0. The second kappa shape index (κ2) is 5.70. The van der Waals surface area contributed by atoms with E-state index in [0.29, 0.717) is 16.6 Å². The van der Waals surface area contributed by atoms with Crippen LogP contribution in [0.1, 0.15) is 10.4 Å². The molecular formula is C12H7BrClFN2S. The Balaban J connectivity index is 2.15. The van der Waals surface area contributed by atoms with E-state index in [2.05, 4.69) is 21.2 Å². The second-order valence-electron chi connectivity index (χ2n) is 3.46. The van der Waals surface area contributed by atoms with Crippen molar-refractivity contribution in [3.8, 4) is 6.07 Å². The summed E-state index contributed by atoms with van der Waals surface area (Å²) in [5.41, 5.74) is 0.627. The van der Waals surface area contributed by atoms with Crippen LogP contribution in [0.15, 0.2) is 28.7 Å². The molecule has 0 radical (unpaired) electrons. The van der Waals surface area contributed by atoms with Crippen molar-refractivity contribution in [3.63, 3.8) is 0 Å². The highest BCUT2D eigenvalue weighted by molar-refractivity contribution is 9.10. The van der Waals surface area contributed by atoms with E-state index in [1.54, 1.807) is 18.2 Å². The number of hydrogen-bond acceptors (Lipinski definition) is 3. The van der Waals surface area contributed by atoms with Gasteiger partial charge in [-0.25, -0.2) is 4.39 Å². The summed E-state index contributed by atoms with van der Waals surface area (Å²) >= 11 is 10.3. The molecule has 1 aromatic carbocycles. The molecule has 2 rings (SSSR count). The van der Waals surface area contributed by atoms with E-state index in [1.165, 1.54) is 11.3 Å². The highest BCUT2D eigenvalue weighted by Gasteiger charge is 2.10. The third-order valence-corrected chi connectivity index (χ3v) is 4.29. The minimum atomic E-state index is -0.461. The average molecular weight is 346 g/mol. The van der Waals surface area contributed by atoms with Crippen LogP contribution in [-0.2, 0) is 6.54 Å². The lowest BCUT2D eigenvalue weighted by Crippen LogP contribution is -2.01. The molecular weight excluding hydrogens is 339 g/mol. The molecule has 0 spiro atoms. The molecule has 0 fully saturated rings. The van der Waals surface area contributed by atoms with Crippen LogP contribution in [0.4, 0.5) is 10.1 Å². The number of nitrogens with zero attached hydrogens (tertiary/aromatic N) is 1. The first-order chi connectivity index (χ1) is 8.61. The first-order valence-corrected chi connectivity index (χ1v) is 6.96. The Kier molecular flexibility index (Phi) is 4.23. The van der Waals surface area contributed by atoms with Crippen LogP contribution in [0.5, 0.6) is 0 Å². The van der Waals surface area contributed by atoms with Crippen LogP contribution in [0.25, 0.3) is 0 Å². The molecule has 0 bridgehead atoms. The Bertz CT molecular complexity index is 621. The third-order valence-electron chi connectivity index (χ3n) is 2.28. The smallest absolute Gasteiger partial charge is 0.161 e. The molecule has 0 saturated carbocycles. The number of thiophene rings is 1. The van der Waals surface area contributed by atoms with Crippen molar-refractivity contribution in [1.29, 1.82) is 5.26 Å². The maximum absolute atomic E-state index is 13.9. The SMILES string of the molecule is N#Cc1ccc(NCc2ccc(Cl)s2)c(F)c1Br. The first-order valence-electron chi connectivity index (χ1n) is 4.98. The highest BCUT2D eigenvalue weighted by Crippen LogP contribution is 2.28. The highest BCUT2D eigenvalue weighted by atomic mass is 79.9. The number of hydrogen-bond donors (Lipinski definition) is 1. The lowest BCUT2D eigenvalue weighted by atomic mass is 10.2. The maximum atomic E-state index is 13.9. The molecule has 0 aliphatic rings.